The number of anilines is 2. The van der Waals surface area contributed by atoms with Crippen molar-refractivity contribution in [2.45, 2.75) is 30.2 Å². The van der Waals surface area contributed by atoms with Crippen molar-refractivity contribution >= 4 is 27.1 Å². The molecule has 1 heterocycles. The van der Waals surface area contributed by atoms with Gasteiger partial charge < -0.3 is 10.1 Å². The highest BCUT2D eigenvalue weighted by Crippen LogP contribution is 2.51. The monoisotopic (exact) mass is 491 g/mol. The van der Waals surface area contributed by atoms with Crippen molar-refractivity contribution in [2.24, 2.45) is 5.92 Å². The maximum absolute atomic E-state index is 13.3. The predicted octanol–water partition coefficient (Wildman–Crippen LogP) is 5.54. The molecule has 2 aliphatic rings. The number of allylic oxidation sites excluding steroid dienone is 2. The van der Waals surface area contributed by atoms with E-state index in [0.29, 0.717) is 17.0 Å². The van der Waals surface area contributed by atoms with E-state index in [9.17, 15) is 18.5 Å². The number of sulfonamides is 1. The molecule has 0 saturated heterocycles. The van der Waals surface area contributed by atoms with Crippen molar-refractivity contribution in [1.29, 1.82) is 0 Å². The Labute approximate surface area is 203 Å². The van der Waals surface area contributed by atoms with Gasteiger partial charge in [0.05, 0.1) is 34.2 Å². The smallest absolute Gasteiger partial charge is 0.274 e. The van der Waals surface area contributed by atoms with Gasteiger partial charge in [-0.25, -0.2) is 8.42 Å². The van der Waals surface area contributed by atoms with Crippen LogP contribution in [0.1, 0.15) is 35.1 Å². The van der Waals surface area contributed by atoms with Gasteiger partial charge in [-0.2, -0.15) is 0 Å². The van der Waals surface area contributed by atoms with Gasteiger partial charge in [-0.05, 0) is 60.7 Å². The number of fused-ring (bicyclic) bond motifs is 3. The number of nitro groups is 1. The van der Waals surface area contributed by atoms with Crippen LogP contribution in [0.2, 0.25) is 0 Å². The Balaban J connectivity index is 1.52. The molecule has 35 heavy (non-hydrogen) atoms. The number of methoxy groups -OCH3 is 1. The summed E-state index contributed by atoms with van der Waals surface area (Å²) < 4.78 is 34.5. The summed E-state index contributed by atoms with van der Waals surface area (Å²) in [7, 11) is -2.39. The minimum absolute atomic E-state index is 0.0337. The van der Waals surface area contributed by atoms with Crippen LogP contribution in [0, 0.1) is 23.0 Å². The van der Waals surface area contributed by atoms with Gasteiger partial charge in [0, 0.05) is 17.7 Å². The van der Waals surface area contributed by atoms with Crippen LogP contribution in [0.15, 0.2) is 77.7 Å². The lowest BCUT2D eigenvalue weighted by atomic mass is 9.76. The van der Waals surface area contributed by atoms with Gasteiger partial charge in [-0.3, -0.25) is 14.8 Å². The Morgan fingerprint density at radius 2 is 1.89 bits per heavy atom. The summed E-state index contributed by atoms with van der Waals surface area (Å²) in [6.45, 7) is 1.88. The standard InChI is InChI=1S/C26H25N3O5S/c1-16-10-13-25(34-2)23(14-16)28-35(32,33)17-11-12-22-21(15-17)18-7-5-8-19(18)26(27-22)20-6-3-4-9-24(20)29(30)31/h3-7,9-15,18-19,26-28H,8H2,1-2H3/t18-,19-,26+/m1/s1. The molecule has 1 aliphatic heterocycles. The summed E-state index contributed by atoms with van der Waals surface area (Å²) in [4.78, 5) is 11.4. The van der Waals surface area contributed by atoms with Gasteiger partial charge in [0.25, 0.3) is 15.7 Å². The Morgan fingerprint density at radius 1 is 1.09 bits per heavy atom. The number of ether oxygens (including phenoxy) is 1. The van der Waals surface area contributed by atoms with Gasteiger partial charge >= 0.3 is 0 Å². The van der Waals surface area contributed by atoms with E-state index in [-0.39, 0.29) is 33.4 Å². The number of benzene rings is 3. The van der Waals surface area contributed by atoms with E-state index in [1.165, 1.54) is 13.2 Å². The fraction of sp³-hybridized carbons (Fsp3) is 0.231. The van der Waals surface area contributed by atoms with Crippen LogP contribution < -0.4 is 14.8 Å². The minimum atomic E-state index is -3.88. The van der Waals surface area contributed by atoms with Crippen LogP contribution in [0.5, 0.6) is 5.75 Å². The first-order chi connectivity index (χ1) is 16.8. The summed E-state index contributed by atoms with van der Waals surface area (Å²) in [5, 5.41) is 15.1. The molecule has 1 aliphatic carbocycles. The largest absolute Gasteiger partial charge is 0.495 e. The molecule has 180 valence electrons. The Hall–Kier alpha value is -3.85. The molecular weight excluding hydrogens is 466 g/mol. The van der Waals surface area contributed by atoms with Crippen LogP contribution in [-0.2, 0) is 10.0 Å². The lowest BCUT2D eigenvalue weighted by molar-refractivity contribution is -0.385. The molecular formula is C26H25N3O5S. The quantitative estimate of drug-likeness (QED) is 0.266. The minimum Gasteiger partial charge on any atom is -0.495 e. The fourth-order valence-corrected chi connectivity index (χ4v) is 6.17. The second-order valence-electron chi connectivity index (χ2n) is 8.85. The van der Waals surface area contributed by atoms with Crippen LogP contribution in [0.25, 0.3) is 0 Å². The van der Waals surface area contributed by atoms with E-state index >= 15 is 0 Å². The molecule has 0 saturated carbocycles. The molecule has 0 unspecified atom stereocenters. The van der Waals surface area contributed by atoms with Gasteiger partial charge in [-0.1, -0.05) is 36.4 Å². The lowest BCUT2D eigenvalue weighted by Crippen LogP contribution is -2.30. The predicted molar refractivity (Wildman–Crippen MR) is 134 cm³/mol. The molecule has 5 rings (SSSR count). The summed E-state index contributed by atoms with van der Waals surface area (Å²) in [5.74, 6) is 0.413. The molecule has 0 radical (unpaired) electrons. The maximum Gasteiger partial charge on any atom is 0.274 e. The molecule has 0 fully saturated rings. The third kappa shape index (κ3) is 4.12. The second-order valence-corrected chi connectivity index (χ2v) is 10.5. The molecule has 0 aromatic heterocycles. The SMILES string of the molecule is COc1ccc(C)cc1NS(=O)(=O)c1ccc2c(c1)[C@@H]1C=CC[C@H]1[C@@H](c1ccccc1[N+](=O)[O-])N2. The molecule has 3 atom stereocenters. The first-order valence-electron chi connectivity index (χ1n) is 11.3. The Morgan fingerprint density at radius 3 is 2.66 bits per heavy atom. The molecule has 0 spiro atoms. The van der Waals surface area contributed by atoms with Gasteiger partial charge in [0.2, 0.25) is 0 Å². The van der Waals surface area contributed by atoms with Gasteiger partial charge in [0.1, 0.15) is 5.75 Å². The number of rotatable bonds is 6. The van der Waals surface area contributed by atoms with E-state index in [2.05, 4.69) is 22.2 Å². The first kappa shape index (κ1) is 22.9. The Kier molecular flexibility index (Phi) is 5.72. The van der Waals surface area contributed by atoms with Crippen LogP contribution in [-0.4, -0.2) is 20.5 Å². The van der Waals surface area contributed by atoms with E-state index in [0.717, 1.165) is 23.2 Å². The molecule has 8 nitrogen and oxygen atoms in total. The normalized spacial score (nSPS) is 20.5. The van der Waals surface area contributed by atoms with E-state index in [1.807, 2.05) is 13.0 Å². The molecule has 9 heteroatoms. The number of para-hydroxylation sites is 1. The van der Waals surface area contributed by atoms with E-state index in [1.54, 1.807) is 48.5 Å². The number of hydrogen-bond donors (Lipinski definition) is 2. The average Bonchev–Trinajstić information content (AvgIpc) is 3.33. The first-order valence-corrected chi connectivity index (χ1v) is 12.7. The molecule has 0 bridgehead atoms. The van der Waals surface area contributed by atoms with Gasteiger partial charge in [-0.15, -0.1) is 0 Å². The van der Waals surface area contributed by atoms with Crippen molar-refractivity contribution in [3.05, 3.63) is 99.6 Å². The van der Waals surface area contributed by atoms with Crippen molar-refractivity contribution in [3.63, 3.8) is 0 Å². The molecule has 0 amide bonds. The summed E-state index contributed by atoms with van der Waals surface area (Å²) in [5.41, 5.74) is 3.61. The number of hydrogen-bond acceptors (Lipinski definition) is 6. The van der Waals surface area contributed by atoms with Gasteiger partial charge in [0.15, 0.2) is 0 Å². The molecule has 3 aromatic carbocycles. The summed E-state index contributed by atoms with van der Waals surface area (Å²) >= 11 is 0. The summed E-state index contributed by atoms with van der Waals surface area (Å²) in [6, 6.07) is 16.8. The van der Waals surface area contributed by atoms with E-state index in [4.69, 9.17) is 4.74 Å². The maximum atomic E-state index is 13.3. The van der Waals surface area contributed by atoms with E-state index < -0.39 is 10.0 Å². The third-order valence-electron chi connectivity index (χ3n) is 6.71. The van der Waals surface area contributed by atoms with Crippen molar-refractivity contribution in [1.82, 2.24) is 0 Å². The van der Waals surface area contributed by atoms with Crippen molar-refractivity contribution in [3.8, 4) is 5.75 Å². The highest BCUT2D eigenvalue weighted by Gasteiger charge is 2.40. The van der Waals surface area contributed by atoms with Crippen molar-refractivity contribution < 1.29 is 18.1 Å². The highest BCUT2D eigenvalue weighted by molar-refractivity contribution is 7.92. The molecule has 3 aromatic rings. The fourth-order valence-electron chi connectivity index (χ4n) is 5.07. The summed E-state index contributed by atoms with van der Waals surface area (Å²) in [6.07, 6.45) is 4.87. The second kappa shape index (κ2) is 8.74. The van der Waals surface area contributed by atoms with Crippen LogP contribution in [0.3, 0.4) is 0 Å². The van der Waals surface area contributed by atoms with Crippen LogP contribution in [0.4, 0.5) is 17.1 Å². The topological polar surface area (TPSA) is 111 Å². The highest BCUT2D eigenvalue weighted by atomic mass is 32.2. The number of nitrogens with zero attached hydrogens (tertiary/aromatic N) is 1. The molecule has 2 N–H and O–H groups in total. The number of nitrogens with one attached hydrogen (secondary N) is 2. The van der Waals surface area contributed by atoms with Crippen molar-refractivity contribution in [2.75, 3.05) is 17.1 Å². The average molecular weight is 492 g/mol. The Bertz CT molecular complexity index is 1450. The van der Waals surface area contributed by atoms with Crippen LogP contribution >= 0.6 is 0 Å². The zero-order valence-electron chi connectivity index (χ0n) is 19.3. The zero-order chi connectivity index (χ0) is 24.7. The third-order valence-corrected chi connectivity index (χ3v) is 8.08. The number of aryl methyl sites for hydroxylation is 1. The zero-order valence-corrected chi connectivity index (χ0v) is 20.1. The number of nitro benzene ring substituents is 1. The lowest BCUT2D eigenvalue weighted by Gasteiger charge is -2.37.